The van der Waals surface area contributed by atoms with Crippen LogP contribution >= 0.6 is 0 Å². The predicted molar refractivity (Wildman–Crippen MR) is 103 cm³/mol. The topological polar surface area (TPSA) is 135 Å². The van der Waals surface area contributed by atoms with Gasteiger partial charge in [-0.15, -0.1) is 0 Å². The van der Waals surface area contributed by atoms with Crippen LogP contribution in [-0.2, 0) is 4.79 Å². The van der Waals surface area contributed by atoms with Crippen molar-refractivity contribution in [2.75, 3.05) is 6.54 Å². The number of carbonyl (C=O) groups is 2. The van der Waals surface area contributed by atoms with Gasteiger partial charge in [-0.05, 0) is 30.5 Å². The minimum Gasteiger partial charge on any atom is -0.507 e. The molecule has 148 valence electrons. The molecule has 1 rings (SSSR count). The molecule has 1 aromatic carbocycles. The molecule has 8 nitrogen and oxygen atoms in total. The fourth-order valence-corrected chi connectivity index (χ4v) is 2.76. The number of benzene rings is 1. The van der Waals surface area contributed by atoms with Gasteiger partial charge in [0.05, 0.1) is 5.56 Å². The van der Waals surface area contributed by atoms with Gasteiger partial charge >= 0.3 is 5.97 Å². The number of nitrogens with zero attached hydrogens (tertiary/aromatic N) is 3. The maximum absolute atomic E-state index is 12.0. The van der Waals surface area contributed by atoms with Crippen LogP contribution in [0, 0.1) is 0 Å². The minimum atomic E-state index is -0.720. The van der Waals surface area contributed by atoms with Gasteiger partial charge in [0, 0.05) is 23.6 Å². The third-order valence-corrected chi connectivity index (χ3v) is 4.24. The first-order valence-corrected chi connectivity index (χ1v) is 9.42. The second-order valence-electron chi connectivity index (χ2n) is 6.47. The van der Waals surface area contributed by atoms with E-state index < -0.39 is 5.97 Å². The molecule has 0 aliphatic carbocycles. The van der Waals surface area contributed by atoms with Crippen LogP contribution in [0.4, 0.5) is 5.69 Å². The van der Waals surface area contributed by atoms with Crippen molar-refractivity contribution in [1.82, 2.24) is 5.32 Å². The highest BCUT2D eigenvalue weighted by Gasteiger charge is 2.10. The summed E-state index contributed by atoms with van der Waals surface area (Å²) >= 11 is 0. The largest absolute Gasteiger partial charge is 0.507 e. The lowest BCUT2D eigenvalue weighted by molar-refractivity contribution is -0.137. The van der Waals surface area contributed by atoms with Crippen molar-refractivity contribution in [2.24, 2.45) is 5.11 Å². The predicted octanol–water partition coefficient (Wildman–Crippen LogP) is 5.05. The molecular weight excluding hydrogens is 348 g/mol. The number of unbranched alkanes of at least 4 members (excludes halogenated alkanes) is 8. The van der Waals surface area contributed by atoms with E-state index in [9.17, 15) is 14.7 Å². The van der Waals surface area contributed by atoms with Crippen LogP contribution in [0.5, 0.6) is 5.75 Å². The summed E-state index contributed by atoms with van der Waals surface area (Å²) < 4.78 is 0. The van der Waals surface area contributed by atoms with Crippen molar-refractivity contribution in [3.8, 4) is 5.75 Å². The summed E-state index contributed by atoms with van der Waals surface area (Å²) in [6, 6.07) is 4.18. The van der Waals surface area contributed by atoms with Crippen LogP contribution in [0.1, 0.15) is 74.6 Å². The van der Waals surface area contributed by atoms with E-state index in [2.05, 4.69) is 15.3 Å². The summed E-state index contributed by atoms with van der Waals surface area (Å²) in [6.45, 7) is 0.547. The van der Waals surface area contributed by atoms with Crippen molar-refractivity contribution in [2.45, 2.75) is 64.2 Å². The van der Waals surface area contributed by atoms with E-state index in [1.165, 1.54) is 18.2 Å². The summed E-state index contributed by atoms with van der Waals surface area (Å²) in [6.07, 6.45) is 9.56. The second kappa shape index (κ2) is 13.5. The Bertz CT molecular complexity index is 657. The molecular formula is C19H28N4O4. The van der Waals surface area contributed by atoms with Crippen molar-refractivity contribution in [3.63, 3.8) is 0 Å². The van der Waals surface area contributed by atoms with Gasteiger partial charge in [-0.25, -0.2) is 0 Å². The van der Waals surface area contributed by atoms with Crippen molar-refractivity contribution in [1.29, 1.82) is 0 Å². The number of carboxylic acid groups (broad SMARTS) is 1. The zero-order valence-corrected chi connectivity index (χ0v) is 15.6. The quantitative estimate of drug-likeness (QED) is 0.181. The maximum Gasteiger partial charge on any atom is 0.303 e. The fraction of sp³-hybridized carbons (Fsp3) is 0.579. The molecule has 1 amide bonds. The Kier molecular flexibility index (Phi) is 11.1. The first kappa shape index (κ1) is 22.3. The summed E-state index contributed by atoms with van der Waals surface area (Å²) in [5.74, 6) is -1.27. The second-order valence-corrected chi connectivity index (χ2v) is 6.47. The highest BCUT2D eigenvalue weighted by molar-refractivity contribution is 5.97. The molecule has 0 saturated heterocycles. The molecule has 0 unspecified atom stereocenters. The summed E-state index contributed by atoms with van der Waals surface area (Å²) in [5, 5.41) is 24.5. The lowest BCUT2D eigenvalue weighted by atomic mass is 10.1. The van der Waals surface area contributed by atoms with Gasteiger partial charge in [-0.3, -0.25) is 9.59 Å². The van der Waals surface area contributed by atoms with Crippen molar-refractivity contribution < 1.29 is 19.8 Å². The Morgan fingerprint density at radius 3 is 2.15 bits per heavy atom. The van der Waals surface area contributed by atoms with E-state index in [0.29, 0.717) is 6.54 Å². The third-order valence-electron chi connectivity index (χ3n) is 4.24. The standard InChI is InChI=1S/C19H28N4O4/c20-23-22-15-11-12-16(17(24)14-15)19(27)21-13-9-7-5-3-1-2-4-6-8-10-18(25)26/h11-12,14,24H,1-10,13H2,(H,21,27)(H,25,26). The first-order chi connectivity index (χ1) is 13.0. The van der Waals surface area contributed by atoms with Crippen molar-refractivity contribution in [3.05, 3.63) is 34.2 Å². The van der Waals surface area contributed by atoms with Gasteiger partial charge in [-0.1, -0.05) is 56.1 Å². The number of nitrogens with one attached hydrogen (secondary N) is 1. The van der Waals surface area contributed by atoms with Crippen LogP contribution in [0.2, 0.25) is 0 Å². The molecule has 0 saturated carbocycles. The molecule has 27 heavy (non-hydrogen) atoms. The molecule has 0 bridgehead atoms. The normalized spacial score (nSPS) is 10.2. The van der Waals surface area contributed by atoms with Crippen LogP contribution in [0.15, 0.2) is 23.3 Å². The van der Waals surface area contributed by atoms with Gasteiger partial charge in [-0.2, -0.15) is 0 Å². The van der Waals surface area contributed by atoms with Crippen LogP contribution in [0.3, 0.4) is 0 Å². The molecule has 1 aromatic rings. The average Bonchev–Trinajstić information content (AvgIpc) is 2.62. The Hall–Kier alpha value is -2.73. The van der Waals surface area contributed by atoms with E-state index >= 15 is 0 Å². The van der Waals surface area contributed by atoms with Gasteiger partial charge in [0.25, 0.3) is 5.91 Å². The number of hydrogen-bond donors (Lipinski definition) is 3. The van der Waals surface area contributed by atoms with Crippen molar-refractivity contribution >= 4 is 17.6 Å². The SMILES string of the molecule is [N-]=[N+]=Nc1ccc(C(=O)NCCCCCCCCCCCC(=O)O)c(O)c1. The van der Waals surface area contributed by atoms with Gasteiger partial charge in [0.1, 0.15) is 5.75 Å². The number of azide groups is 1. The molecule has 0 radical (unpaired) electrons. The van der Waals surface area contributed by atoms with Crippen LogP contribution < -0.4 is 5.32 Å². The van der Waals surface area contributed by atoms with Gasteiger partial charge in [0.2, 0.25) is 0 Å². The minimum absolute atomic E-state index is 0.162. The van der Waals surface area contributed by atoms with Crippen LogP contribution in [0.25, 0.3) is 10.4 Å². The molecule has 0 aliphatic rings. The number of phenols is 1. The first-order valence-electron chi connectivity index (χ1n) is 9.42. The molecule has 0 spiro atoms. The number of carbonyl (C=O) groups excluding carboxylic acids is 1. The zero-order valence-electron chi connectivity index (χ0n) is 15.6. The van der Waals surface area contributed by atoms with E-state index in [0.717, 1.165) is 57.8 Å². The maximum atomic E-state index is 12.0. The molecule has 0 aromatic heterocycles. The lowest BCUT2D eigenvalue weighted by Crippen LogP contribution is -2.24. The van der Waals surface area contributed by atoms with E-state index in [4.69, 9.17) is 10.6 Å². The molecule has 0 atom stereocenters. The zero-order chi connectivity index (χ0) is 19.9. The molecule has 0 aliphatic heterocycles. The highest BCUT2D eigenvalue weighted by atomic mass is 16.4. The van der Waals surface area contributed by atoms with Gasteiger partial charge in [0.15, 0.2) is 0 Å². The molecule has 0 heterocycles. The van der Waals surface area contributed by atoms with E-state index in [1.807, 2.05) is 0 Å². The molecule has 8 heteroatoms. The monoisotopic (exact) mass is 376 g/mol. The number of hydrogen-bond acceptors (Lipinski definition) is 4. The lowest BCUT2D eigenvalue weighted by Gasteiger charge is -2.07. The third kappa shape index (κ3) is 10.1. The fourth-order valence-electron chi connectivity index (χ4n) is 2.76. The molecule has 0 fully saturated rings. The number of aliphatic carboxylic acids is 1. The number of rotatable bonds is 14. The average molecular weight is 376 g/mol. The van der Waals surface area contributed by atoms with Crippen LogP contribution in [-0.4, -0.2) is 28.6 Å². The number of phenolic OH excluding ortho intramolecular Hbond substituents is 1. The number of amides is 1. The highest BCUT2D eigenvalue weighted by Crippen LogP contribution is 2.24. The Morgan fingerprint density at radius 1 is 1.00 bits per heavy atom. The summed E-state index contributed by atoms with van der Waals surface area (Å²) in [5.41, 5.74) is 8.77. The van der Waals surface area contributed by atoms with E-state index in [1.54, 1.807) is 0 Å². The Morgan fingerprint density at radius 2 is 1.59 bits per heavy atom. The Labute approximate surface area is 159 Å². The smallest absolute Gasteiger partial charge is 0.303 e. The summed E-state index contributed by atoms with van der Waals surface area (Å²) in [4.78, 5) is 25.0. The van der Waals surface area contributed by atoms with Gasteiger partial charge < -0.3 is 15.5 Å². The van der Waals surface area contributed by atoms with E-state index in [-0.39, 0.29) is 29.3 Å². The number of aromatic hydroxyl groups is 1. The Balaban J connectivity index is 2.06. The summed E-state index contributed by atoms with van der Waals surface area (Å²) in [7, 11) is 0. The number of carboxylic acids is 1. The molecule has 3 N–H and O–H groups in total.